The third-order valence-corrected chi connectivity index (χ3v) is 3.35. The van der Waals surface area contributed by atoms with Crippen molar-refractivity contribution in [2.75, 3.05) is 11.9 Å². The molecule has 0 atom stereocenters. The van der Waals surface area contributed by atoms with Gasteiger partial charge in [-0.3, -0.25) is 0 Å². The van der Waals surface area contributed by atoms with Gasteiger partial charge in [-0.25, -0.2) is 4.79 Å². The molecule has 2 amide bonds. The number of carbonyl (C=O) groups excluding carboxylic acids is 1. The number of halogens is 3. The van der Waals surface area contributed by atoms with Crippen LogP contribution in [0.2, 0.25) is 0 Å². The Morgan fingerprint density at radius 2 is 1.72 bits per heavy atom. The largest absolute Gasteiger partial charge is 0.573 e. The van der Waals surface area contributed by atoms with Crippen molar-refractivity contribution in [3.8, 4) is 5.75 Å². The van der Waals surface area contributed by atoms with E-state index in [1.54, 1.807) is 4.90 Å². The lowest BCUT2D eigenvalue weighted by atomic mass is 10.2. The summed E-state index contributed by atoms with van der Waals surface area (Å²) in [5.41, 5.74) is 0.907. The van der Waals surface area contributed by atoms with Gasteiger partial charge < -0.3 is 15.0 Å². The van der Waals surface area contributed by atoms with Crippen LogP contribution in [0.5, 0.6) is 5.75 Å². The number of anilines is 1. The number of rotatable bonds is 6. The molecule has 2 aromatic carbocycles. The van der Waals surface area contributed by atoms with E-state index in [0.717, 1.165) is 18.1 Å². The SMILES string of the molecule is CCCN(Cc1ccccc1)C(=O)Nc1ccccc1OC(F)(F)F. The van der Waals surface area contributed by atoms with E-state index in [4.69, 9.17) is 0 Å². The maximum absolute atomic E-state index is 12.5. The van der Waals surface area contributed by atoms with Gasteiger partial charge >= 0.3 is 12.4 Å². The number of hydrogen-bond donors (Lipinski definition) is 1. The number of alkyl halides is 3. The summed E-state index contributed by atoms with van der Waals surface area (Å²) < 4.78 is 41.4. The Kier molecular flexibility index (Phi) is 6.27. The molecule has 0 aliphatic carbocycles. The third kappa shape index (κ3) is 6.02. The molecule has 7 heteroatoms. The van der Waals surface area contributed by atoms with Crippen molar-refractivity contribution in [2.45, 2.75) is 26.3 Å². The number of carbonyl (C=O) groups is 1. The van der Waals surface area contributed by atoms with E-state index in [1.165, 1.54) is 18.2 Å². The number of hydrogen-bond acceptors (Lipinski definition) is 2. The van der Waals surface area contributed by atoms with Crippen LogP contribution in [-0.4, -0.2) is 23.8 Å². The van der Waals surface area contributed by atoms with Crippen LogP contribution in [0.1, 0.15) is 18.9 Å². The molecular formula is C18H19F3N2O2. The molecule has 0 aliphatic heterocycles. The zero-order chi connectivity index (χ0) is 18.3. The molecule has 0 unspecified atom stereocenters. The molecule has 0 spiro atoms. The molecule has 25 heavy (non-hydrogen) atoms. The maximum atomic E-state index is 12.5. The van der Waals surface area contributed by atoms with Gasteiger partial charge in [-0.2, -0.15) is 0 Å². The second-order valence-corrected chi connectivity index (χ2v) is 5.38. The van der Waals surface area contributed by atoms with Gasteiger partial charge in [0.1, 0.15) is 0 Å². The Bertz CT molecular complexity index is 690. The number of nitrogens with zero attached hydrogens (tertiary/aromatic N) is 1. The fourth-order valence-corrected chi connectivity index (χ4v) is 2.30. The van der Waals surface area contributed by atoms with Gasteiger partial charge in [0.15, 0.2) is 5.75 Å². The van der Waals surface area contributed by atoms with Crippen LogP contribution in [0.4, 0.5) is 23.7 Å². The molecule has 2 rings (SSSR count). The highest BCUT2D eigenvalue weighted by Crippen LogP contribution is 2.30. The molecule has 0 bridgehead atoms. The highest BCUT2D eigenvalue weighted by Gasteiger charge is 2.32. The molecule has 0 fully saturated rings. The molecule has 2 aromatic rings. The lowest BCUT2D eigenvalue weighted by molar-refractivity contribution is -0.274. The molecule has 0 aliphatic rings. The first-order chi connectivity index (χ1) is 11.9. The van der Waals surface area contributed by atoms with Crippen LogP contribution < -0.4 is 10.1 Å². The maximum Gasteiger partial charge on any atom is 0.573 e. The van der Waals surface area contributed by atoms with E-state index < -0.39 is 18.1 Å². The first-order valence-electron chi connectivity index (χ1n) is 7.83. The molecular weight excluding hydrogens is 333 g/mol. The summed E-state index contributed by atoms with van der Waals surface area (Å²) in [7, 11) is 0. The van der Waals surface area contributed by atoms with Crippen molar-refractivity contribution in [3.05, 3.63) is 60.2 Å². The summed E-state index contributed by atoms with van der Waals surface area (Å²) in [6.45, 7) is 2.76. The standard InChI is InChI=1S/C18H19F3N2O2/c1-2-12-23(13-14-8-4-3-5-9-14)17(24)22-15-10-6-7-11-16(15)25-18(19,20)21/h3-11H,2,12-13H2,1H3,(H,22,24). The van der Waals surface area contributed by atoms with Crippen LogP contribution in [0.3, 0.4) is 0 Å². The predicted molar refractivity (Wildman–Crippen MR) is 89.3 cm³/mol. The minimum absolute atomic E-state index is 0.0287. The third-order valence-electron chi connectivity index (χ3n) is 3.35. The highest BCUT2D eigenvalue weighted by atomic mass is 19.4. The van der Waals surface area contributed by atoms with Crippen LogP contribution in [0.15, 0.2) is 54.6 Å². The molecule has 0 radical (unpaired) electrons. The minimum atomic E-state index is -4.83. The Labute approximate surface area is 144 Å². The van der Waals surface area contributed by atoms with E-state index in [-0.39, 0.29) is 5.69 Å². The first-order valence-corrected chi connectivity index (χ1v) is 7.83. The van der Waals surface area contributed by atoms with Gasteiger partial charge in [0.05, 0.1) is 5.69 Å². The Morgan fingerprint density at radius 1 is 1.08 bits per heavy atom. The molecule has 4 nitrogen and oxygen atoms in total. The van der Waals surface area contributed by atoms with Crippen LogP contribution in [0, 0.1) is 0 Å². The molecule has 0 heterocycles. The fraction of sp³-hybridized carbons (Fsp3) is 0.278. The molecule has 1 N–H and O–H groups in total. The number of ether oxygens (including phenoxy) is 1. The summed E-state index contributed by atoms with van der Waals surface area (Å²) in [5.74, 6) is -0.445. The van der Waals surface area contributed by atoms with Crippen molar-refractivity contribution >= 4 is 11.7 Å². The van der Waals surface area contributed by atoms with Crippen molar-refractivity contribution < 1.29 is 22.7 Å². The van der Waals surface area contributed by atoms with Gasteiger partial charge in [-0.1, -0.05) is 49.4 Å². The summed E-state index contributed by atoms with van der Waals surface area (Å²) in [4.78, 5) is 14.0. The van der Waals surface area contributed by atoms with Gasteiger partial charge in [0, 0.05) is 13.1 Å². The number of amides is 2. The number of para-hydroxylation sites is 2. The molecule has 0 saturated heterocycles. The summed E-state index contributed by atoms with van der Waals surface area (Å²) in [6, 6.07) is 14.4. The first kappa shape index (κ1) is 18.6. The van der Waals surface area contributed by atoms with Crippen LogP contribution in [-0.2, 0) is 6.54 Å². The van der Waals surface area contributed by atoms with Crippen molar-refractivity contribution in [1.82, 2.24) is 4.90 Å². The average molecular weight is 352 g/mol. The average Bonchev–Trinajstić information content (AvgIpc) is 2.56. The second kappa shape index (κ2) is 8.41. The van der Waals surface area contributed by atoms with Crippen molar-refractivity contribution in [1.29, 1.82) is 0 Å². The monoisotopic (exact) mass is 352 g/mol. The smallest absolute Gasteiger partial charge is 0.404 e. The Morgan fingerprint density at radius 3 is 2.36 bits per heavy atom. The zero-order valence-corrected chi connectivity index (χ0v) is 13.7. The zero-order valence-electron chi connectivity index (χ0n) is 13.7. The molecule has 134 valence electrons. The lowest BCUT2D eigenvalue weighted by Gasteiger charge is -2.23. The van der Waals surface area contributed by atoms with Gasteiger partial charge in [-0.05, 0) is 24.1 Å². The quantitative estimate of drug-likeness (QED) is 0.792. The summed E-state index contributed by atoms with van der Waals surface area (Å²) in [6.07, 6.45) is -4.10. The Balaban J connectivity index is 2.13. The molecule has 0 saturated carbocycles. The lowest BCUT2D eigenvalue weighted by Crippen LogP contribution is -2.35. The van der Waals surface area contributed by atoms with Gasteiger partial charge in [-0.15, -0.1) is 13.2 Å². The van der Waals surface area contributed by atoms with E-state index >= 15 is 0 Å². The van der Waals surface area contributed by atoms with E-state index in [1.807, 2.05) is 37.3 Å². The topological polar surface area (TPSA) is 41.6 Å². The number of nitrogens with one attached hydrogen (secondary N) is 1. The minimum Gasteiger partial charge on any atom is -0.404 e. The second-order valence-electron chi connectivity index (χ2n) is 5.38. The van der Waals surface area contributed by atoms with E-state index in [2.05, 4.69) is 10.1 Å². The number of benzene rings is 2. The van der Waals surface area contributed by atoms with E-state index in [9.17, 15) is 18.0 Å². The van der Waals surface area contributed by atoms with E-state index in [0.29, 0.717) is 13.1 Å². The van der Waals surface area contributed by atoms with Crippen molar-refractivity contribution in [3.63, 3.8) is 0 Å². The normalized spacial score (nSPS) is 11.0. The fourth-order valence-electron chi connectivity index (χ4n) is 2.30. The summed E-state index contributed by atoms with van der Waals surface area (Å²) in [5, 5.41) is 2.50. The summed E-state index contributed by atoms with van der Waals surface area (Å²) >= 11 is 0. The van der Waals surface area contributed by atoms with Gasteiger partial charge in [0.25, 0.3) is 0 Å². The molecule has 0 aromatic heterocycles. The number of urea groups is 1. The highest BCUT2D eigenvalue weighted by molar-refractivity contribution is 5.91. The van der Waals surface area contributed by atoms with Crippen LogP contribution >= 0.6 is 0 Å². The van der Waals surface area contributed by atoms with Crippen molar-refractivity contribution in [2.24, 2.45) is 0 Å². The Hall–Kier alpha value is -2.70. The predicted octanol–water partition coefficient (Wildman–Crippen LogP) is 5.03. The van der Waals surface area contributed by atoms with Gasteiger partial charge in [0.2, 0.25) is 0 Å². The van der Waals surface area contributed by atoms with Crippen LogP contribution in [0.25, 0.3) is 0 Å².